The zero-order chi connectivity index (χ0) is 11.3. The van der Waals surface area contributed by atoms with Crippen LogP contribution >= 0.6 is 11.3 Å². The molecule has 0 aliphatic heterocycles. The van der Waals surface area contributed by atoms with E-state index in [0.29, 0.717) is 11.6 Å². The lowest BCUT2D eigenvalue weighted by atomic mass is 10.5. The number of carboxylic acids is 1. The van der Waals surface area contributed by atoms with Gasteiger partial charge in [-0.1, -0.05) is 0 Å². The Hall–Kier alpha value is -1.69. The van der Waals surface area contributed by atoms with E-state index in [9.17, 15) is 9.59 Å². The van der Waals surface area contributed by atoms with Crippen molar-refractivity contribution in [2.24, 2.45) is 0 Å². The van der Waals surface area contributed by atoms with Gasteiger partial charge in [0.1, 0.15) is 5.01 Å². The summed E-state index contributed by atoms with van der Waals surface area (Å²) in [7, 11) is 0. The minimum atomic E-state index is -1.08. The van der Waals surface area contributed by atoms with Crippen LogP contribution < -0.4 is 0 Å². The number of ether oxygens (including phenoxy) is 1. The van der Waals surface area contributed by atoms with Crippen molar-refractivity contribution in [1.82, 2.24) is 4.98 Å². The summed E-state index contributed by atoms with van der Waals surface area (Å²) in [6, 6.07) is 0. The maximum absolute atomic E-state index is 10.9. The maximum Gasteiger partial charge on any atom is 0.355 e. The monoisotopic (exact) mass is 227 g/mol. The van der Waals surface area contributed by atoms with Crippen molar-refractivity contribution in [3.63, 3.8) is 0 Å². The zero-order valence-corrected chi connectivity index (χ0v) is 8.78. The van der Waals surface area contributed by atoms with Gasteiger partial charge in [-0.15, -0.1) is 11.3 Å². The lowest BCUT2D eigenvalue weighted by molar-refractivity contribution is -0.137. The smallest absolute Gasteiger partial charge is 0.355 e. The van der Waals surface area contributed by atoms with Crippen molar-refractivity contribution in [2.45, 2.75) is 6.92 Å². The summed E-state index contributed by atoms with van der Waals surface area (Å²) in [4.78, 5) is 25.2. The first-order valence-electron chi connectivity index (χ1n) is 4.17. The van der Waals surface area contributed by atoms with E-state index >= 15 is 0 Å². The number of thiazole rings is 1. The second-order valence-electron chi connectivity index (χ2n) is 2.46. The number of hydrogen-bond donors (Lipinski definition) is 1. The van der Waals surface area contributed by atoms with E-state index in [4.69, 9.17) is 5.11 Å². The molecular formula is C9H9NO4S. The fourth-order valence-electron chi connectivity index (χ4n) is 0.792. The predicted octanol–water partition coefficient (Wildman–Crippen LogP) is 1.42. The van der Waals surface area contributed by atoms with Crippen LogP contribution in [0.25, 0.3) is 6.08 Å². The number of esters is 1. The second-order valence-corrected chi connectivity index (χ2v) is 3.35. The third-order valence-electron chi connectivity index (χ3n) is 1.39. The van der Waals surface area contributed by atoms with Crippen molar-refractivity contribution in [3.8, 4) is 0 Å². The fraction of sp³-hybridized carbons (Fsp3) is 0.222. The van der Waals surface area contributed by atoms with Crippen LogP contribution in [0.3, 0.4) is 0 Å². The average molecular weight is 227 g/mol. The van der Waals surface area contributed by atoms with Crippen molar-refractivity contribution >= 4 is 29.4 Å². The highest BCUT2D eigenvalue weighted by molar-refractivity contribution is 7.10. The van der Waals surface area contributed by atoms with Crippen molar-refractivity contribution in [1.29, 1.82) is 0 Å². The average Bonchev–Trinajstić information content (AvgIpc) is 2.63. The Kier molecular flexibility index (Phi) is 3.99. The quantitative estimate of drug-likeness (QED) is 0.621. The summed E-state index contributed by atoms with van der Waals surface area (Å²) < 4.78 is 4.65. The van der Waals surface area contributed by atoms with Crippen LogP contribution in [-0.4, -0.2) is 28.6 Å². The maximum atomic E-state index is 10.9. The van der Waals surface area contributed by atoms with E-state index in [1.807, 2.05) is 0 Å². The van der Waals surface area contributed by atoms with E-state index < -0.39 is 11.9 Å². The standard InChI is InChI=1S/C9H9NO4S/c1-2-14-8(11)4-3-7-10-6(5-15-7)9(12)13/h3-5H,2H2,1H3,(H,12,13). The second kappa shape index (κ2) is 5.26. The SMILES string of the molecule is CCOC(=O)C=Cc1nc(C(=O)O)cs1. The molecule has 5 nitrogen and oxygen atoms in total. The van der Waals surface area contributed by atoms with Crippen LogP contribution in [0.1, 0.15) is 22.4 Å². The van der Waals surface area contributed by atoms with Gasteiger partial charge >= 0.3 is 11.9 Å². The van der Waals surface area contributed by atoms with Crippen molar-refractivity contribution in [3.05, 3.63) is 22.2 Å². The molecule has 0 unspecified atom stereocenters. The molecule has 0 saturated heterocycles. The number of rotatable bonds is 4. The molecule has 0 atom stereocenters. The van der Waals surface area contributed by atoms with Crippen LogP contribution in [0, 0.1) is 0 Å². The van der Waals surface area contributed by atoms with Gasteiger partial charge < -0.3 is 9.84 Å². The zero-order valence-electron chi connectivity index (χ0n) is 7.97. The summed E-state index contributed by atoms with van der Waals surface area (Å²) in [5.41, 5.74) is -0.0245. The molecule has 0 bridgehead atoms. The first-order valence-corrected chi connectivity index (χ1v) is 5.05. The van der Waals surface area contributed by atoms with Crippen molar-refractivity contribution in [2.75, 3.05) is 6.61 Å². The number of nitrogens with zero attached hydrogens (tertiary/aromatic N) is 1. The third kappa shape index (κ3) is 3.51. The van der Waals surface area contributed by atoms with Crippen molar-refractivity contribution < 1.29 is 19.4 Å². The molecule has 80 valence electrons. The van der Waals surface area contributed by atoms with Gasteiger partial charge in [0.25, 0.3) is 0 Å². The Morgan fingerprint density at radius 1 is 1.67 bits per heavy atom. The molecule has 0 aliphatic rings. The van der Waals surface area contributed by atoms with Crippen LogP contribution in [0.15, 0.2) is 11.5 Å². The molecule has 0 spiro atoms. The summed E-state index contributed by atoms with van der Waals surface area (Å²) >= 11 is 1.15. The van der Waals surface area contributed by atoms with Gasteiger partial charge in [0.2, 0.25) is 0 Å². The summed E-state index contributed by atoms with van der Waals surface area (Å²) in [5.74, 6) is -1.55. The predicted molar refractivity (Wildman–Crippen MR) is 54.7 cm³/mol. The Morgan fingerprint density at radius 3 is 2.93 bits per heavy atom. The third-order valence-corrected chi connectivity index (χ3v) is 2.20. The normalized spacial score (nSPS) is 10.5. The molecule has 15 heavy (non-hydrogen) atoms. The Balaban J connectivity index is 2.64. The van der Waals surface area contributed by atoms with Crippen LogP contribution in [-0.2, 0) is 9.53 Å². The summed E-state index contributed by atoms with van der Waals surface area (Å²) in [5, 5.41) is 10.5. The topological polar surface area (TPSA) is 76.5 Å². The van der Waals surface area contributed by atoms with Gasteiger partial charge in [0.15, 0.2) is 5.69 Å². The van der Waals surface area contributed by atoms with E-state index in [0.717, 1.165) is 11.3 Å². The number of carbonyl (C=O) groups is 2. The molecule has 6 heteroatoms. The number of aromatic nitrogens is 1. The Morgan fingerprint density at radius 2 is 2.40 bits per heavy atom. The molecule has 0 fully saturated rings. The molecule has 0 radical (unpaired) electrons. The molecule has 1 rings (SSSR count). The van der Waals surface area contributed by atoms with Gasteiger partial charge in [0.05, 0.1) is 6.61 Å². The molecular weight excluding hydrogens is 218 g/mol. The molecule has 0 aliphatic carbocycles. The molecule has 1 aromatic heterocycles. The van der Waals surface area contributed by atoms with Gasteiger partial charge in [-0.2, -0.15) is 0 Å². The Bertz CT molecular complexity index is 397. The lowest BCUT2D eigenvalue weighted by Crippen LogP contribution is -1.98. The van der Waals surface area contributed by atoms with Gasteiger partial charge in [-0.05, 0) is 13.0 Å². The minimum Gasteiger partial charge on any atom is -0.476 e. The van der Waals surface area contributed by atoms with E-state index in [2.05, 4.69) is 9.72 Å². The minimum absolute atomic E-state index is 0.0245. The van der Waals surface area contributed by atoms with Crippen LogP contribution in [0.4, 0.5) is 0 Å². The fourth-order valence-corrected chi connectivity index (χ4v) is 1.48. The Labute approximate surface area is 90.0 Å². The summed E-state index contributed by atoms with van der Waals surface area (Å²) in [6.07, 6.45) is 2.64. The van der Waals surface area contributed by atoms with Gasteiger partial charge in [-0.25, -0.2) is 14.6 Å². The highest BCUT2D eigenvalue weighted by atomic mass is 32.1. The molecule has 1 N–H and O–H groups in total. The molecule has 0 saturated carbocycles. The molecule has 1 heterocycles. The van der Waals surface area contributed by atoms with Crippen LogP contribution in [0.2, 0.25) is 0 Å². The molecule has 0 aromatic carbocycles. The number of carboxylic acid groups (broad SMARTS) is 1. The summed E-state index contributed by atoms with van der Waals surface area (Å²) in [6.45, 7) is 2.01. The van der Waals surface area contributed by atoms with Gasteiger partial charge in [0, 0.05) is 11.5 Å². The van der Waals surface area contributed by atoms with E-state index in [1.165, 1.54) is 17.5 Å². The molecule has 1 aromatic rings. The highest BCUT2D eigenvalue weighted by Gasteiger charge is 2.06. The van der Waals surface area contributed by atoms with E-state index in [-0.39, 0.29) is 5.69 Å². The number of hydrogen-bond acceptors (Lipinski definition) is 5. The first-order chi connectivity index (χ1) is 7.13. The molecule has 0 amide bonds. The van der Waals surface area contributed by atoms with E-state index in [1.54, 1.807) is 6.92 Å². The number of aromatic carboxylic acids is 1. The largest absolute Gasteiger partial charge is 0.476 e. The highest BCUT2D eigenvalue weighted by Crippen LogP contribution is 2.11. The first kappa shape index (κ1) is 11.4. The number of carbonyl (C=O) groups excluding carboxylic acids is 1. The van der Waals surface area contributed by atoms with Gasteiger partial charge in [-0.3, -0.25) is 0 Å². The lowest BCUT2D eigenvalue weighted by Gasteiger charge is -1.92. The van der Waals surface area contributed by atoms with Crippen LogP contribution in [0.5, 0.6) is 0 Å².